The molecule has 1 atom stereocenters. The molecule has 0 aromatic carbocycles. The monoisotopic (exact) mass is 237 g/mol. The van der Waals surface area contributed by atoms with Crippen LogP contribution in [0.4, 0.5) is 0 Å². The SMILES string of the molecule is CCC(NC)c1nnc(-c2sccc2C)o1. The molecular weight excluding hydrogens is 222 g/mol. The summed E-state index contributed by atoms with van der Waals surface area (Å²) in [7, 11) is 1.90. The molecule has 2 aromatic rings. The third-order valence-electron chi connectivity index (χ3n) is 2.55. The highest BCUT2D eigenvalue weighted by molar-refractivity contribution is 7.13. The van der Waals surface area contributed by atoms with Crippen LogP contribution in [0, 0.1) is 6.92 Å². The molecule has 0 saturated carbocycles. The summed E-state index contributed by atoms with van der Waals surface area (Å²) in [6.07, 6.45) is 0.932. The number of rotatable bonds is 4. The van der Waals surface area contributed by atoms with Crippen molar-refractivity contribution in [2.75, 3.05) is 7.05 Å². The van der Waals surface area contributed by atoms with Crippen molar-refractivity contribution >= 4 is 11.3 Å². The molecule has 0 amide bonds. The second kappa shape index (κ2) is 4.76. The van der Waals surface area contributed by atoms with Gasteiger partial charge in [0.15, 0.2) is 0 Å². The zero-order valence-electron chi connectivity index (χ0n) is 9.65. The first-order chi connectivity index (χ1) is 7.76. The lowest BCUT2D eigenvalue weighted by molar-refractivity contribution is 0.415. The highest BCUT2D eigenvalue weighted by Gasteiger charge is 2.17. The van der Waals surface area contributed by atoms with Crippen LogP contribution in [0.2, 0.25) is 0 Å². The smallest absolute Gasteiger partial charge is 0.258 e. The Kier molecular flexibility index (Phi) is 3.36. The Morgan fingerprint density at radius 2 is 2.31 bits per heavy atom. The van der Waals surface area contributed by atoms with E-state index in [1.165, 1.54) is 5.56 Å². The molecule has 2 aromatic heterocycles. The quantitative estimate of drug-likeness (QED) is 0.888. The molecule has 0 spiro atoms. The molecule has 4 nitrogen and oxygen atoms in total. The van der Waals surface area contributed by atoms with Gasteiger partial charge in [-0.15, -0.1) is 21.5 Å². The third-order valence-corrected chi connectivity index (χ3v) is 3.56. The second-order valence-corrected chi connectivity index (χ2v) is 4.54. The molecule has 0 bridgehead atoms. The molecule has 0 radical (unpaired) electrons. The Labute approximate surface area is 98.7 Å². The first-order valence-electron chi connectivity index (χ1n) is 5.31. The number of nitrogens with zero attached hydrogens (tertiary/aromatic N) is 2. The van der Waals surface area contributed by atoms with E-state index in [2.05, 4.69) is 28.5 Å². The standard InChI is InChI=1S/C11H15N3OS/c1-4-8(12-3)10-13-14-11(15-10)9-7(2)5-6-16-9/h5-6,8,12H,4H2,1-3H3. The number of nitrogens with one attached hydrogen (secondary N) is 1. The molecular formula is C11H15N3OS. The summed E-state index contributed by atoms with van der Waals surface area (Å²) in [6, 6.07) is 2.20. The number of thiophene rings is 1. The highest BCUT2D eigenvalue weighted by atomic mass is 32.1. The van der Waals surface area contributed by atoms with Gasteiger partial charge in [0, 0.05) is 0 Å². The van der Waals surface area contributed by atoms with Gasteiger partial charge in [-0.05, 0) is 37.4 Å². The number of hydrogen-bond acceptors (Lipinski definition) is 5. The molecule has 0 aliphatic heterocycles. The van der Waals surface area contributed by atoms with Crippen molar-refractivity contribution in [3.63, 3.8) is 0 Å². The van der Waals surface area contributed by atoms with Crippen molar-refractivity contribution in [3.8, 4) is 10.8 Å². The van der Waals surface area contributed by atoms with E-state index in [0.717, 1.165) is 11.3 Å². The molecule has 1 N–H and O–H groups in total. The minimum Gasteiger partial charge on any atom is -0.418 e. The maximum absolute atomic E-state index is 5.68. The lowest BCUT2D eigenvalue weighted by atomic mass is 10.2. The number of hydrogen-bond donors (Lipinski definition) is 1. The average molecular weight is 237 g/mol. The number of aryl methyl sites for hydroxylation is 1. The molecule has 0 fully saturated rings. The van der Waals surface area contributed by atoms with Gasteiger partial charge in [0.25, 0.3) is 5.89 Å². The summed E-state index contributed by atoms with van der Waals surface area (Å²) in [4.78, 5) is 1.06. The zero-order chi connectivity index (χ0) is 11.5. The van der Waals surface area contributed by atoms with Crippen molar-refractivity contribution in [2.45, 2.75) is 26.3 Å². The maximum atomic E-state index is 5.68. The minimum atomic E-state index is 0.140. The van der Waals surface area contributed by atoms with Crippen LogP contribution in [0.1, 0.15) is 30.8 Å². The Balaban J connectivity index is 2.29. The molecule has 2 rings (SSSR count). The summed E-state index contributed by atoms with van der Waals surface area (Å²) in [5, 5.41) is 13.4. The Morgan fingerprint density at radius 3 is 2.88 bits per heavy atom. The Bertz CT molecular complexity index is 459. The van der Waals surface area contributed by atoms with E-state index in [9.17, 15) is 0 Å². The van der Waals surface area contributed by atoms with Crippen LogP contribution in [0.15, 0.2) is 15.9 Å². The van der Waals surface area contributed by atoms with Gasteiger partial charge in [-0.3, -0.25) is 0 Å². The van der Waals surface area contributed by atoms with Gasteiger partial charge in [0.1, 0.15) is 0 Å². The fraction of sp³-hybridized carbons (Fsp3) is 0.455. The van der Waals surface area contributed by atoms with Gasteiger partial charge in [0.2, 0.25) is 5.89 Å². The van der Waals surface area contributed by atoms with Gasteiger partial charge in [-0.2, -0.15) is 0 Å². The van der Waals surface area contributed by atoms with Crippen LogP contribution in [0.25, 0.3) is 10.8 Å². The summed E-state index contributed by atoms with van der Waals surface area (Å²) in [6.45, 7) is 4.13. The summed E-state index contributed by atoms with van der Waals surface area (Å²) in [5.41, 5.74) is 1.18. The lowest BCUT2D eigenvalue weighted by Gasteiger charge is -2.06. The van der Waals surface area contributed by atoms with Crippen LogP contribution >= 0.6 is 11.3 Å². The van der Waals surface area contributed by atoms with Crippen LogP contribution in [0.3, 0.4) is 0 Å². The predicted molar refractivity (Wildman–Crippen MR) is 64.4 cm³/mol. The lowest BCUT2D eigenvalue weighted by Crippen LogP contribution is -2.15. The fourth-order valence-electron chi connectivity index (χ4n) is 1.56. The van der Waals surface area contributed by atoms with E-state index in [4.69, 9.17) is 4.42 Å². The molecule has 1 unspecified atom stereocenters. The predicted octanol–water partition coefficient (Wildman–Crippen LogP) is 2.78. The first-order valence-corrected chi connectivity index (χ1v) is 6.19. The fourth-order valence-corrected chi connectivity index (χ4v) is 2.41. The zero-order valence-corrected chi connectivity index (χ0v) is 10.5. The van der Waals surface area contributed by atoms with Crippen molar-refractivity contribution in [1.82, 2.24) is 15.5 Å². The van der Waals surface area contributed by atoms with Crippen molar-refractivity contribution in [3.05, 3.63) is 22.9 Å². The van der Waals surface area contributed by atoms with Crippen molar-refractivity contribution in [1.29, 1.82) is 0 Å². The molecule has 0 aliphatic rings. The van der Waals surface area contributed by atoms with E-state index in [1.54, 1.807) is 11.3 Å². The topological polar surface area (TPSA) is 51.0 Å². The largest absolute Gasteiger partial charge is 0.418 e. The van der Waals surface area contributed by atoms with Gasteiger partial charge in [0.05, 0.1) is 10.9 Å². The van der Waals surface area contributed by atoms with Gasteiger partial charge in [-0.25, -0.2) is 0 Å². The van der Waals surface area contributed by atoms with Gasteiger partial charge in [-0.1, -0.05) is 6.92 Å². The maximum Gasteiger partial charge on any atom is 0.258 e. The summed E-state index contributed by atoms with van der Waals surface area (Å²) < 4.78 is 5.68. The second-order valence-electron chi connectivity index (χ2n) is 3.63. The van der Waals surface area contributed by atoms with Crippen LogP contribution in [0.5, 0.6) is 0 Å². The summed E-state index contributed by atoms with van der Waals surface area (Å²) in [5.74, 6) is 1.28. The molecule has 2 heterocycles. The third kappa shape index (κ3) is 2.01. The van der Waals surface area contributed by atoms with Crippen LogP contribution < -0.4 is 5.32 Å². The van der Waals surface area contributed by atoms with Crippen molar-refractivity contribution in [2.24, 2.45) is 0 Å². The van der Waals surface area contributed by atoms with E-state index in [1.807, 2.05) is 19.4 Å². The molecule has 16 heavy (non-hydrogen) atoms. The Morgan fingerprint density at radius 1 is 1.50 bits per heavy atom. The highest BCUT2D eigenvalue weighted by Crippen LogP contribution is 2.29. The molecule has 0 aliphatic carbocycles. The van der Waals surface area contributed by atoms with E-state index in [0.29, 0.717) is 11.8 Å². The van der Waals surface area contributed by atoms with Gasteiger partial charge >= 0.3 is 0 Å². The normalized spacial score (nSPS) is 12.9. The van der Waals surface area contributed by atoms with Crippen LogP contribution in [-0.4, -0.2) is 17.2 Å². The van der Waals surface area contributed by atoms with Crippen molar-refractivity contribution < 1.29 is 4.42 Å². The van der Waals surface area contributed by atoms with Crippen LogP contribution in [-0.2, 0) is 0 Å². The Hall–Kier alpha value is -1.20. The van der Waals surface area contributed by atoms with E-state index in [-0.39, 0.29) is 6.04 Å². The first kappa shape index (κ1) is 11.3. The molecule has 86 valence electrons. The average Bonchev–Trinajstić information content (AvgIpc) is 2.89. The minimum absolute atomic E-state index is 0.140. The summed E-state index contributed by atoms with van der Waals surface area (Å²) >= 11 is 1.63. The molecule has 0 saturated heterocycles. The van der Waals surface area contributed by atoms with E-state index < -0.39 is 0 Å². The van der Waals surface area contributed by atoms with Gasteiger partial charge < -0.3 is 9.73 Å². The number of aromatic nitrogens is 2. The molecule has 5 heteroatoms. The van der Waals surface area contributed by atoms with E-state index >= 15 is 0 Å².